The van der Waals surface area contributed by atoms with Crippen LogP contribution in [0, 0.1) is 0 Å². The standard InChI is InChI=1S/C10H7N3O/c14-7-8-2-1-3-13-10(8)9-6-11-4-5-12-9/h1-7H. The van der Waals surface area contributed by atoms with Crippen molar-refractivity contribution in [3.05, 3.63) is 42.5 Å². The second-order valence-electron chi connectivity index (χ2n) is 2.65. The van der Waals surface area contributed by atoms with Gasteiger partial charge in [0.25, 0.3) is 0 Å². The summed E-state index contributed by atoms with van der Waals surface area (Å²) in [6, 6.07) is 3.41. The maximum atomic E-state index is 10.7. The molecule has 0 aliphatic carbocycles. The first-order chi connectivity index (χ1) is 6.92. The molecule has 0 bridgehead atoms. The summed E-state index contributed by atoms with van der Waals surface area (Å²) < 4.78 is 0. The molecule has 2 rings (SSSR count). The van der Waals surface area contributed by atoms with Gasteiger partial charge in [0.15, 0.2) is 6.29 Å². The van der Waals surface area contributed by atoms with Crippen LogP contribution in [0.15, 0.2) is 36.9 Å². The lowest BCUT2D eigenvalue weighted by Gasteiger charge is -2.00. The summed E-state index contributed by atoms with van der Waals surface area (Å²) in [5.74, 6) is 0. The van der Waals surface area contributed by atoms with Crippen LogP contribution >= 0.6 is 0 Å². The Kier molecular flexibility index (Phi) is 2.27. The van der Waals surface area contributed by atoms with Gasteiger partial charge in [-0.2, -0.15) is 0 Å². The van der Waals surface area contributed by atoms with Gasteiger partial charge in [-0.05, 0) is 12.1 Å². The molecular weight excluding hydrogens is 178 g/mol. The fourth-order valence-corrected chi connectivity index (χ4v) is 1.15. The van der Waals surface area contributed by atoms with Gasteiger partial charge >= 0.3 is 0 Å². The van der Waals surface area contributed by atoms with E-state index in [4.69, 9.17) is 0 Å². The van der Waals surface area contributed by atoms with Crippen LogP contribution < -0.4 is 0 Å². The monoisotopic (exact) mass is 185 g/mol. The summed E-state index contributed by atoms with van der Waals surface area (Å²) >= 11 is 0. The molecule has 0 aliphatic heterocycles. The first kappa shape index (κ1) is 8.50. The Morgan fingerprint density at radius 3 is 2.79 bits per heavy atom. The maximum absolute atomic E-state index is 10.7. The van der Waals surface area contributed by atoms with Crippen molar-refractivity contribution in [3.8, 4) is 11.4 Å². The molecule has 0 fully saturated rings. The van der Waals surface area contributed by atoms with E-state index >= 15 is 0 Å². The van der Waals surface area contributed by atoms with E-state index in [0.717, 1.165) is 6.29 Å². The Morgan fingerprint density at radius 2 is 2.07 bits per heavy atom. The predicted octanol–water partition coefficient (Wildman–Crippen LogP) is 1.35. The molecule has 0 atom stereocenters. The molecule has 0 saturated heterocycles. The van der Waals surface area contributed by atoms with Crippen molar-refractivity contribution in [1.82, 2.24) is 15.0 Å². The van der Waals surface area contributed by atoms with Gasteiger partial charge in [0.2, 0.25) is 0 Å². The number of pyridine rings is 1. The first-order valence-electron chi connectivity index (χ1n) is 4.08. The molecule has 0 spiro atoms. The number of aldehydes is 1. The molecule has 2 aromatic heterocycles. The molecule has 0 unspecified atom stereocenters. The third-order valence-corrected chi connectivity index (χ3v) is 1.77. The topological polar surface area (TPSA) is 55.7 Å². The molecule has 0 radical (unpaired) electrons. The van der Waals surface area contributed by atoms with Gasteiger partial charge in [-0.3, -0.25) is 19.7 Å². The van der Waals surface area contributed by atoms with Gasteiger partial charge in [-0.25, -0.2) is 0 Å². The molecule has 4 nitrogen and oxygen atoms in total. The Morgan fingerprint density at radius 1 is 1.14 bits per heavy atom. The number of rotatable bonds is 2. The molecular formula is C10H7N3O. The largest absolute Gasteiger partial charge is 0.298 e. The molecule has 0 aromatic carbocycles. The van der Waals surface area contributed by atoms with Crippen LogP contribution in [0.1, 0.15) is 10.4 Å². The number of carbonyl (C=O) groups is 1. The number of hydrogen-bond donors (Lipinski definition) is 0. The molecule has 0 saturated carbocycles. The zero-order chi connectivity index (χ0) is 9.80. The Balaban J connectivity index is 2.57. The van der Waals surface area contributed by atoms with Gasteiger partial charge in [-0.15, -0.1) is 0 Å². The van der Waals surface area contributed by atoms with Crippen molar-refractivity contribution in [2.45, 2.75) is 0 Å². The molecule has 0 amide bonds. The third-order valence-electron chi connectivity index (χ3n) is 1.77. The van der Waals surface area contributed by atoms with Crippen LogP contribution in [-0.4, -0.2) is 21.2 Å². The molecule has 0 aliphatic rings. The summed E-state index contributed by atoms with van der Waals surface area (Å²) in [5, 5.41) is 0. The Labute approximate surface area is 80.7 Å². The highest BCUT2D eigenvalue weighted by atomic mass is 16.1. The molecule has 68 valence electrons. The quantitative estimate of drug-likeness (QED) is 0.662. The normalized spacial score (nSPS) is 9.71. The minimum Gasteiger partial charge on any atom is -0.298 e. The predicted molar refractivity (Wildman–Crippen MR) is 50.7 cm³/mol. The SMILES string of the molecule is O=Cc1cccnc1-c1cnccn1. The van der Waals surface area contributed by atoms with E-state index < -0.39 is 0 Å². The zero-order valence-corrected chi connectivity index (χ0v) is 7.29. The van der Waals surface area contributed by atoms with E-state index in [-0.39, 0.29) is 0 Å². The van der Waals surface area contributed by atoms with Gasteiger partial charge in [0, 0.05) is 24.2 Å². The van der Waals surface area contributed by atoms with Crippen molar-refractivity contribution >= 4 is 6.29 Å². The van der Waals surface area contributed by atoms with Crippen molar-refractivity contribution in [2.24, 2.45) is 0 Å². The van der Waals surface area contributed by atoms with Gasteiger partial charge in [-0.1, -0.05) is 0 Å². The summed E-state index contributed by atoms with van der Waals surface area (Å²) in [6.45, 7) is 0. The van der Waals surface area contributed by atoms with E-state index in [9.17, 15) is 4.79 Å². The molecule has 14 heavy (non-hydrogen) atoms. The van der Waals surface area contributed by atoms with Crippen molar-refractivity contribution in [3.63, 3.8) is 0 Å². The molecule has 0 N–H and O–H groups in total. The molecule has 4 heteroatoms. The fraction of sp³-hybridized carbons (Fsp3) is 0. The lowest BCUT2D eigenvalue weighted by Crippen LogP contribution is -1.93. The van der Waals surface area contributed by atoms with Crippen LogP contribution in [0.25, 0.3) is 11.4 Å². The van der Waals surface area contributed by atoms with Gasteiger partial charge in [0.1, 0.15) is 11.4 Å². The minimum atomic E-state index is 0.521. The first-order valence-corrected chi connectivity index (χ1v) is 4.08. The van der Waals surface area contributed by atoms with E-state index in [1.165, 1.54) is 0 Å². The highest BCUT2D eigenvalue weighted by Crippen LogP contribution is 2.15. The summed E-state index contributed by atoms with van der Waals surface area (Å²) in [4.78, 5) is 22.8. The van der Waals surface area contributed by atoms with Gasteiger partial charge in [0.05, 0.1) is 6.20 Å². The maximum Gasteiger partial charge on any atom is 0.152 e. The highest BCUT2D eigenvalue weighted by Gasteiger charge is 2.05. The lowest BCUT2D eigenvalue weighted by molar-refractivity contribution is 0.112. The van der Waals surface area contributed by atoms with E-state index in [2.05, 4.69) is 15.0 Å². The fourth-order valence-electron chi connectivity index (χ4n) is 1.15. The van der Waals surface area contributed by atoms with E-state index in [1.54, 1.807) is 36.9 Å². The average Bonchev–Trinajstić information content (AvgIpc) is 2.30. The van der Waals surface area contributed by atoms with Crippen molar-refractivity contribution < 1.29 is 4.79 Å². The average molecular weight is 185 g/mol. The van der Waals surface area contributed by atoms with Crippen molar-refractivity contribution in [2.75, 3.05) is 0 Å². The number of nitrogens with zero attached hydrogens (tertiary/aromatic N) is 3. The van der Waals surface area contributed by atoms with Crippen LogP contribution in [0.5, 0.6) is 0 Å². The summed E-state index contributed by atoms with van der Waals surface area (Å²) in [6.07, 6.45) is 7.11. The molecule has 2 aromatic rings. The Hall–Kier alpha value is -2.10. The third kappa shape index (κ3) is 1.50. The summed E-state index contributed by atoms with van der Waals surface area (Å²) in [7, 11) is 0. The number of hydrogen-bond acceptors (Lipinski definition) is 4. The minimum absolute atomic E-state index is 0.521. The number of carbonyl (C=O) groups excluding carboxylic acids is 1. The van der Waals surface area contributed by atoms with E-state index in [0.29, 0.717) is 17.0 Å². The van der Waals surface area contributed by atoms with Crippen LogP contribution in [0.3, 0.4) is 0 Å². The zero-order valence-electron chi connectivity index (χ0n) is 7.29. The summed E-state index contributed by atoms with van der Waals surface area (Å²) in [5.41, 5.74) is 1.69. The second-order valence-corrected chi connectivity index (χ2v) is 2.65. The Bertz CT molecular complexity index is 442. The van der Waals surface area contributed by atoms with Crippen LogP contribution in [0.4, 0.5) is 0 Å². The lowest BCUT2D eigenvalue weighted by atomic mass is 10.2. The molecule has 2 heterocycles. The second kappa shape index (κ2) is 3.74. The van der Waals surface area contributed by atoms with E-state index in [1.807, 2.05) is 0 Å². The van der Waals surface area contributed by atoms with Crippen LogP contribution in [-0.2, 0) is 0 Å². The van der Waals surface area contributed by atoms with Crippen molar-refractivity contribution in [1.29, 1.82) is 0 Å². The smallest absolute Gasteiger partial charge is 0.152 e. The highest BCUT2D eigenvalue weighted by molar-refractivity contribution is 5.84. The van der Waals surface area contributed by atoms with Gasteiger partial charge < -0.3 is 0 Å². The van der Waals surface area contributed by atoms with Crippen LogP contribution in [0.2, 0.25) is 0 Å². The number of aromatic nitrogens is 3.